The van der Waals surface area contributed by atoms with E-state index in [1.165, 1.54) is 57.8 Å². The van der Waals surface area contributed by atoms with Gasteiger partial charge in [-0.1, -0.05) is 95.0 Å². The molecule has 0 fully saturated rings. The maximum atomic E-state index is 11.4. The number of aliphatic hydroxyl groups is 1. The first kappa shape index (κ1) is 25.6. The zero-order valence-corrected chi connectivity index (χ0v) is 18.2. The molecule has 5 nitrogen and oxygen atoms in total. The molecule has 2 atom stereocenters. The van der Waals surface area contributed by atoms with Crippen molar-refractivity contribution < 1.29 is 19.7 Å². The summed E-state index contributed by atoms with van der Waals surface area (Å²) in [6, 6.07) is 8.79. The van der Waals surface area contributed by atoms with E-state index in [2.05, 4.69) is 12.2 Å². The van der Waals surface area contributed by atoms with Crippen LogP contribution in [0.25, 0.3) is 0 Å². The molecule has 0 aliphatic heterocycles. The number of carbonyl (C=O) groups is 1. The Kier molecular flexibility index (Phi) is 15.4. The minimum absolute atomic E-state index is 0.210. The van der Waals surface area contributed by atoms with Gasteiger partial charge in [0.15, 0.2) is 0 Å². The third kappa shape index (κ3) is 14.2. The first-order valence-electron chi connectivity index (χ1n) is 11.4. The zero-order chi connectivity index (χ0) is 21.2. The van der Waals surface area contributed by atoms with E-state index in [-0.39, 0.29) is 13.2 Å². The van der Waals surface area contributed by atoms with Gasteiger partial charge >= 0.3 is 5.97 Å². The van der Waals surface area contributed by atoms with Crippen LogP contribution in [-0.2, 0) is 16.0 Å². The summed E-state index contributed by atoms with van der Waals surface area (Å²) in [5, 5.41) is 22.3. The van der Waals surface area contributed by atoms with Gasteiger partial charge in [-0.3, -0.25) is 4.79 Å². The van der Waals surface area contributed by atoms with Crippen LogP contribution in [0.3, 0.4) is 0 Å². The van der Waals surface area contributed by atoms with Gasteiger partial charge in [-0.05, 0) is 18.4 Å². The van der Waals surface area contributed by atoms with Crippen molar-refractivity contribution >= 4 is 5.97 Å². The molecule has 29 heavy (non-hydrogen) atoms. The monoisotopic (exact) mass is 407 g/mol. The quantitative estimate of drug-likeness (QED) is 0.293. The van der Waals surface area contributed by atoms with Crippen LogP contribution in [0.15, 0.2) is 30.3 Å². The Bertz CT molecular complexity index is 509. The molecule has 1 aromatic carbocycles. The van der Waals surface area contributed by atoms with Crippen molar-refractivity contribution in [1.82, 2.24) is 5.32 Å². The first-order chi connectivity index (χ1) is 14.1. The van der Waals surface area contributed by atoms with Crippen LogP contribution in [0.5, 0.6) is 0 Å². The van der Waals surface area contributed by atoms with Gasteiger partial charge in [0.05, 0.1) is 12.7 Å². The molecule has 0 saturated carbocycles. The highest BCUT2D eigenvalue weighted by atomic mass is 16.5. The fraction of sp³-hybridized carbons (Fsp3) is 0.708. The molecule has 0 heterocycles. The minimum Gasteiger partial charge on any atom is -0.480 e. The van der Waals surface area contributed by atoms with E-state index in [4.69, 9.17) is 4.74 Å². The summed E-state index contributed by atoms with van der Waals surface area (Å²) in [6.07, 6.45) is 12.5. The summed E-state index contributed by atoms with van der Waals surface area (Å²) in [6.45, 7) is 3.35. The molecule has 1 aromatic rings. The highest BCUT2D eigenvalue weighted by Crippen LogP contribution is 2.10. The predicted molar refractivity (Wildman–Crippen MR) is 118 cm³/mol. The van der Waals surface area contributed by atoms with Gasteiger partial charge in [0.25, 0.3) is 0 Å². The Hall–Kier alpha value is -1.43. The second-order valence-electron chi connectivity index (χ2n) is 7.90. The van der Waals surface area contributed by atoms with Crippen molar-refractivity contribution in [2.45, 2.75) is 89.7 Å². The fourth-order valence-corrected chi connectivity index (χ4v) is 3.34. The first-order valence-corrected chi connectivity index (χ1v) is 11.4. The van der Waals surface area contributed by atoms with Gasteiger partial charge in [0.1, 0.15) is 6.04 Å². The molecule has 0 aliphatic rings. The average Bonchev–Trinajstić information content (AvgIpc) is 2.72. The van der Waals surface area contributed by atoms with E-state index < -0.39 is 18.1 Å². The topological polar surface area (TPSA) is 78.8 Å². The summed E-state index contributed by atoms with van der Waals surface area (Å²) < 4.78 is 5.54. The molecule has 1 unspecified atom stereocenters. The van der Waals surface area contributed by atoms with Crippen LogP contribution < -0.4 is 5.32 Å². The SMILES string of the molecule is CCCCCCCCCCCCOCC(O)CN[C@@H](Cc1ccccc1)C(=O)O. The lowest BCUT2D eigenvalue weighted by atomic mass is 10.1. The molecule has 0 aromatic heterocycles. The third-order valence-corrected chi connectivity index (χ3v) is 5.13. The Balaban J connectivity index is 2.00. The smallest absolute Gasteiger partial charge is 0.321 e. The maximum Gasteiger partial charge on any atom is 0.321 e. The van der Waals surface area contributed by atoms with E-state index in [9.17, 15) is 15.0 Å². The highest BCUT2D eigenvalue weighted by Gasteiger charge is 2.18. The summed E-state index contributed by atoms with van der Waals surface area (Å²) in [4.78, 5) is 11.4. The van der Waals surface area contributed by atoms with Gasteiger partial charge in [0.2, 0.25) is 0 Å². The maximum absolute atomic E-state index is 11.4. The number of hydrogen-bond donors (Lipinski definition) is 3. The number of hydrogen-bond acceptors (Lipinski definition) is 4. The number of aliphatic carboxylic acids is 1. The second-order valence-corrected chi connectivity index (χ2v) is 7.90. The molecule has 166 valence electrons. The fourth-order valence-electron chi connectivity index (χ4n) is 3.34. The number of aliphatic hydroxyl groups excluding tert-OH is 1. The number of carboxylic acids is 1. The van der Waals surface area contributed by atoms with E-state index in [0.29, 0.717) is 13.0 Å². The van der Waals surface area contributed by atoms with Crippen LogP contribution >= 0.6 is 0 Å². The van der Waals surface area contributed by atoms with Crippen molar-refractivity contribution in [2.24, 2.45) is 0 Å². The highest BCUT2D eigenvalue weighted by molar-refractivity contribution is 5.73. The van der Waals surface area contributed by atoms with E-state index in [1.807, 2.05) is 30.3 Å². The molecule has 1 rings (SSSR count). The second kappa shape index (κ2) is 17.4. The van der Waals surface area contributed by atoms with Crippen LogP contribution in [0.4, 0.5) is 0 Å². The largest absolute Gasteiger partial charge is 0.480 e. The van der Waals surface area contributed by atoms with Gasteiger partial charge in [-0.15, -0.1) is 0 Å². The van der Waals surface area contributed by atoms with Gasteiger partial charge in [0, 0.05) is 13.2 Å². The zero-order valence-electron chi connectivity index (χ0n) is 18.2. The minimum atomic E-state index is -0.910. The van der Waals surface area contributed by atoms with Crippen molar-refractivity contribution in [3.05, 3.63) is 35.9 Å². The molecule has 0 amide bonds. The Morgan fingerprint density at radius 2 is 1.55 bits per heavy atom. The van der Waals surface area contributed by atoms with Crippen molar-refractivity contribution in [3.8, 4) is 0 Å². The molecule has 0 saturated heterocycles. The molecule has 0 radical (unpaired) electrons. The lowest BCUT2D eigenvalue weighted by Crippen LogP contribution is -2.43. The number of carboxylic acid groups (broad SMARTS) is 1. The summed E-state index contributed by atoms with van der Waals surface area (Å²) in [5.41, 5.74) is 0.957. The van der Waals surface area contributed by atoms with Crippen molar-refractivity contribution in [1.29, 1.82) is 0 Å². The van der Waals surface area contributed by atoms with Crippen LogP contribution in [0, 0.1) is 0 Å². The van der Waals surface area contributed by atoms with Gasteiger partial charge < -0.3 is 20.3 Å². The molecule has 0 aliphatic carbocycles. The van der Waals surface area contributed by atoms with Gasteiger partial charge in [-0.25, -0.2) is 0 Å². The standard InChI is InChI=1S/C24H41NO4/c1-2-3-4-5-6-7-8-9-10-14-17-29-20-22(26)19-25-23(24(27)28)18-21-15-12-11-13-16-21/h11-13,15-16,22-23,25-26H,2-10,14,17-20H2,1H3,(H,27,28)/t22?,23-/m0/s1. The number of benzene rings is 1. The number of unbranched alkanes of at least 4 members (excludes halogenated alkanes) is 9. The number of nitrogens with one attached hydrogen (secondary N) is 1. The third-order valence-electron chi connectivity index (χ3n) is 5.13. The van der Waals surface area contributed by atoms with Crippen LogP contribution in [-0.4, -0.2) is 48.1 Å². The Labute approximate surface area is 176 Å². The molecule has 5 heteroatoms. The molecule has 3 N–H and O–H groups in total. The normalized spacial score (nSPS) is 13.3. The molecule has 0 spiro atoms. The predicted octanol–water partition coefficient (Wildman–Crippen LogP) is 4.57. The van der Waals surface area contributed by atoms with Crippen molar-refractivity contribution in [3.63, 3.8) is 0 Å². The van der Waals surface area contributed by atoms with Crippen LogP contribution in [0.2, 0.25) is 0 Å². The summed E-state index contributed by atoms with van der Waals surface area (Å²) in [5.74, 6) is -0.910. The molecular formula is C24H41NO4. The lowest BCUT2D eigenvalue weighted by Gasteiger charge is -2.17. The van der Waals surface area contributed by atoms with Crippen molar-refractivity contribution in [2.75, 3.05) is 19.8 Å². The Morgan fingerprint density at radius 1 is 0.966 bits per heavy atom. The van der Waals surface area contributed by atoms with Gasteiger partial charge in [-0.2, -0.15) is 0 Å². The summed E-state index contributed by atoms with van der Waals surface area (Å²) in [7, 11) is 0. The number of rotatable bonds is 19. The number of ether oxygens (including phenoxy) is 1. The molecular weight excluding hydrogens is 366 g/mol. The van der Waals surface area contributed by atoms with E-state index in [1.54, 1.807) is 0 Å². The average molecular weight is 408 g/mol. The Morgan fingerprint density at radius 3 is 2.14 bits per heavy atom. The summed E-state index contributed by atoms with van der Waals surface area (Å²) >= 11 is 0. The lowest BCUT2D eigenvalue weighted by molar-refractivity contribution is -0.139. The van der Waals surface area contributed by atoms with E-state index >= 15 is 0 Å². The molecule has 0 bridgehead atoms. The van der Waals surface area contributed by atoms with Crippen LogP contribution in [0.1, 0.15) is 76.7 Å². The van der Waals surface area contributed by atoms with E-state index in [0.717, 1.165) is 12.0 Å².